The van der Waals surface area contributed by atoms with Crippen molar-refractivity contribution in [3.63, 3.8) is 0 Å². The van der Waals surface area contributed by atoms with E-state index in [0.717, 1.165) is 52.5 Å². The topological polar surface area (TPSA) is 226 Å². The molecule has 0 amide bonds. The molecule has 2 aliphatic rings. The van der Waals surface area contributed by atoms with Crippen molar-refractivity contribution < 1.29 is 16.8 Å². The highest BCUT2D eigenvalue weighted by molar-refractivity contribution is 8.13. The molecule has 21 heteroatoms. The van der Waals surface area contributed by atoms with Crippen LogP contribution in [0.4, 0.5) is 23.0 Å². The predicted molar refractivity (Wildman–Crippen MR) is 202 cm³/mol. The molecule has 6 aromatic heterocycles. The van der Waals surface area contributed by atoms with E-state index in [1.807, 2.05) is 46.0 Å². The number of pyridine rings is 2. The number of rotatable bonds is 11. The van der Waals surface area contributed by atoms with E-state index in [-0.39, 0.29) is 17.5 Å². The fourth-order valence-electron chi connectivity index (χ4n) is 5.12. The van der Waals surface area contributed by atoms with Gasteiger partial charge < -0.3 is 16.0 Å². The Labute approximate surface area is 310 Å². The number of hydrogen-bond donors (Lipinski definition) is 5. The largest absolute Gasteiger partial charge is 0.338 e. The van der Waals surface area contributed by atoms with E-state index in [2.05, 4.69) is 73.4 Å². The molecule has 5 N–H and O–H groups in total. The van der Waals surface area contributed by atoms with E-state index < -0.39 is 19.1 Å². The molecule has 2 fully saturated rings. The van der Waals surface area contributed by atoms with Crippen LogP contribution in [0.25, 0.3) is 22.3 Å². The van der Waals surface area contributed by atoms with Gasteiger partial charge in [-0.2, -0.15) is 24.7 Å². The van der Waals surface area contributed by atoms with Gasteiger partial charge in [-0.1, -0.05) is 6.92 Å². The van der Waals surface area contributed by atoms with Crippen LogP contribution in [0, 0.1) is 0 Å². The molecule has 53 heavy (non-hydrogen) atoms. The van der Waals surface area contributed by atoms with Gasteiger partial charge in [-0.05, 0) is 42.3 Å². The first-order valence-corrected chi connectivity index (χ1v) is 20.7. The molecule has 0 aliphatic carbocycles. The number of sulfonamides is 1. The van der Waals surface area contributed by atoms with Crippen LogP contribution in [0.1, 0.15) is 25.9 Å². The first-order valence-electron chi connectivity index (χ1n) is 16.6. The number of anilines is 4. The number of aromatic amines is 2. The molecule has 8 rings (SSSR count). The summed E-state index contributed by atoms with van der Waals surface area (Å²) in [6, 6.07) is 8.40. The first kappa shape index (κ1) is 37.6. The molecule has 280 valence electrons. The number of halogens is 1. The highest BCUT2D eigenvalue weighted by Gasteiger charge is 2.36. The van der Waals surface area contributed by atoms with Crippen LogP contribution < -0.4 is 16.0 Å². The Hall–Kier alpha value is -5.15. The van der Waals surface area contributed by atoms with Gasteiger partial charge in [0.25, 0.3) is 0 Å². The zero-order valence-electron chi connectivity index (χ0n) is 28.8. The fourth-order valence-corrected chi connectivity index (χ4v) is 6.28. The third-order valence-electron chi connectivity index (χ3n) is 8.37. The van der Waals surface area contributed by atoms with E-state index in [1.54, 1.807) is 50.3 Å². The lowest BCUT2D eigenvalue weighted by Crippen LogP contribution is -2.51. The van der Waals surface area contributed by atoms with Crippen LogP contribution in [0.3, 0.4) is 0 Å². The Morgan fingerprint density at radius 2 is 1.23 bits per heavy atom. The van der Waals surface area contributed by atoms with Gasteiger partial charge in [0.15, 0.2) is 0 Å². The first-order chi connectivity index (χ1) is 25.5. The van der Waals surface area contributed by atoms with Crippen molar-refractivity contribution >= 4 is 52.8 Å². The molecular weight excluding hydrogens is 744 g/mol. The van der Waals surface area contributed by atoms with E-state index in [4.69, 9.17) is 0 Å². The zero-order chi connectivity index (χ0) is 37.4. The number of nitrogens with zero attached hydrogens (tertiary/aromatic N) is 9. The lowest BCUT2D eigenvalue weighted by Gasteiger charge is -2.37. The molecule has 0 saturated carbocycles. The van der Waals surface area contributed by atoms with Crippen LogP contribution in [-0.2, 0) is 19.1 Å². The Morgan fingerprint density at radius 1 is 0.736 bits per heavy atom. The van der Waals surface area contributed by atoms with Gasteiger partial charge in [0.2, 0.25) is 19.1 Å². The summed E-state index contributed by atoms with van der Waals surface area (Å²) in [5.74, 6) is 1.63. The van der Waals surface area contributed by atoms with Crippen molar-refractivity contribution in [3.8, 4) is 22.3 Å². The van der Waals surface area contributed by atoms with Crippen LogP contribution in [0.15, 0.2) is 86.2 Å². The van der Waals surface area contributed by atoms with Crippen molar-refractivity contribution in [1.82, 2.24) is 59.5 Å². The monoisotopic (exact) mass is 782 g/mol. The van der Waals surface area contributed by atoms with Crippen molar-refractivity contribution in [3.05, 3.63) is 86.2 Å². The summed E-state index contributed by atoms with van der Waals surface area (Å²) >= 11 is 0. The summed E-state index contributed by atoms with van der Waals surface area (Å²) in [6.45, 7) is 6.08. The number of H-pyrrole nitrogens is 2. The molecule has 0 radical (unpaired) electrons. The second-order valence-electron chi connectivity index (χ2n) is 12.0. The maximum absolute atomic E-state index is 11.8. The molecule has 18 nitrogen and oxygen atoms in total. The van der Waals surface area contributed by atoms with E-state index in [1.165, 1.54) is 11.2 Å². The van der Waals surface area contributed by atoms with Gasteiger partial charge >= 0.3 is 0 Å². The highest BCUT2D eigenvalue weighted by Crippen LogP contribution is 2.28. The lowest BCUT2D eigenvalue weighted by atomic mass is 10.1. The van der Waals surface area contributed by atoms with Gasteiger partial charge in [0.1, 0.15) is 11.6 Å². The van der Waals surface area contributed by atoms with Crippen molar-refractivity contribution in [2.24, 2.45) is 0 Å². The summed E-state index contributed by atoms with van der Waals surface area (Å²) in [5, 5.41) is 31.8. The summed E-state index contributed by atoms with van der Waals surface area (Å²) in [4.78, 5) is 8.62. The highest BCUT2D eigenvalue weighted by atomic mass is 35.7. The van der Waals surface area contributed by atoms with Crippen LogP contribution >= 0.6 is 10.7 Å². The van der Waals surface area contributed by atoms with Gasteiger partial charge in [0, 0.05) is 85.2 Å². The molecule has 0 atom stereocenters. The van der Waals surface area contributed by atoms with Crippen LogP contribution in [0.2, 0.25) is 0 Å². The van der Waals surface area contributed by atoms with Crippen molar-refractivity contribution in [1.29, 1.82) is 0 Å². The quantitative estimate of drug-likeness (QED) is 0.118. The molecule has 0 spiro atoms. The minimum atomic E-state index is -3.19. The Kier molecular flexibility index (Phi) is 11.8. The second-order valence-corrected chi connectivity index (χ2v) is 17.3. The molecule has 6 aromatic rings. The minimum absolute atomic E-state index is 0.00849. The Morgan fingerprint density at radius 3 is 1.62 bits per heavy atom. The summed E-state index contributed by atoms with van der Waals surface area (Å²) in [5.41, 5.74) is 5.84. The van der Waals surface area contributed by atoms with Gasteiger partial charge in [0.05, 0.1) is 59.8 Å². The van der Waals surface area contributed by atoms with E-state index in [0.29, 0.717) is 24.9 Å². The second kappa shape index (κ2) is 16.7. The number of nitrogens with one attached hydrogen (secondary N) is 5. The summed E-state index contributed by atoms with van der Waals surface area (Å²) in [6.07, 6.45) is 18.2. The molecular formula is C32H39ClN14O4S2. The van der Waals surface area contributed by atoms with Gasteiger partial charge in [-0.25, -0.2) is 26.8 Å². The normalized spacial score (nSPS) is 14.9. The predicted octanol–water partition coefficient (Wildman–Crippen LogP) is 3.75. The average molecular weight is 783 g/mol. The molecule has 8 heterocycles. The number of aromatic nitrogens is 10. The smallest absolute Gasteiger partial charge is 0.232 e. The standard InChI is InChI=1S/C16H19N7O2S.C14H15N7.C2H5ClO2S/c1-2-26(24,25)22-10-15(11-22)23-9-13(6-20-23)12-3-4-17-16(5-12)21-14-7-18-19-8-14;1-2-16-14(20-12-5-17-18-6-12)3-10(1)11-4-19-21(9-11)13-7-15-8-13;1-2-6(3,4)5/h3-9,15H,2,10-11H2,1H3,(H,17,21)(H,18,19);1-6,9,13,15H,7-8H2,(H,16,20)(H,17,18);2H2,1H3. The van der Waals surface area contributed by atoms with Gasteiger partial charge in [-0.3, -0.25) is 19.6 Å². The lowest BCUT2D eigenvalue weighted by molar-refractivity contribution is 0.191. The fraction of sp³-hybridized carbons (Fsp3) is 0.312. The number of hydrogen-bond acceptors (Lipinski definition) is 13. The maximum Gasteiger partial charge on any atom is 0.232 e. The zero-order valence-corrected chi connectivity index (χ0v) is 31.2. The minimum Gasteiger partial charge on any atom is -0.338 e. The maximum atomic E-state index is 11.8. The van der Waals surface area contributed by atoms with Crippen molar-refractivity contribution in [2.45, 2.75) is 25.9 Å². The third-order valence-corrected chi connectivity index (χ3v) is 11.5. The average Bonchev–Trinajstić information content (AvgIpc) is 3.94. The van der Waals surface area contributed by atoms with E-state index >= 15 is 0 Å². The molecule has 0 unspecified atom stereocenters. The molecule has 2 aliphatic heterocycles. The third kappa shape index (κ3) is 10.0. The van der Waals surface area contributed by atoms with Crippen molar-refractivity contribution in [2.75, 3.05) is 48.3 Å². The van der Waals surface area contributed by atoms with Gasteiger partial charge in [-0.15, -0.1) is 0 Å². The summed E-state index contributed by atoms with van der Waals surface area (Å²) in [7, 11) is -1.61. The Bertz CT molecular complexity index is 2280. The van der Waals surface area contributed by atoms with Crippen LogP contribution in [-0.4, -0.2) is 109 Å². The van der Waals surface area contributed by atoms with Crippen LogP contribution in [0.5, 0.6) is 0 Å². The van der Waals surface area contributed by atoms with E-state index in [9.17, 15) is 16.8 Å². The molecule has 0 aromatic carbocycles. The molecule has 0 bridgehead atoms. The SMILES string of the molecule is CCS(=O)(=O)Cl.CCS(=O)(=O)N1CC(n2cc(-c3ccnc(Nc4cn[nH]c4)c3)cn2)C1.c1cc(-c2cnn(C3CNC3)c2)cc(Nc2cn[nH]c2)n1. The Balaban J connectivity index is 0.000000160. The summed E-state index contributed by atoms with van der Waals surface area (Å²) < 4.78 is 48.5. The molecule has 2 saturated heterocycles.